The van der Waals surface area contributed by atoms with Gasteiger partial charge in [0, 0.05) is 45.5 Å². The van der Waals surface area contributed by atoms with Gasteiger partial charge >= 0.3 is 0 Å². The monoisotopic (exact) mass is 259 g/mol. The molecule has 2 aliphatic heterocycles. The van der Waals surface area contributed by atoms with Crippen LogP contribution in [0.1, 0.15) is 18.4 Å². The van der Waals surface area contributed by atoms with E-state index in [4.69, 9.17) is 0 Å². The zero-order valence-corrected chi connectivity index (χ0v) is 12.1. The Morgan fingerprint density at radius 3 is 2.68 bits per heavy atom. The molecule has 1 aromatic rings. The van der Waals surface area contributed by atoms with E-state index in [-0.39, 0.29) is 0 Å². The first-order valence-electron chi connectivity index (χ1n) is 7.44. The number of rotatable bonds is 3. The molecular formula is C16H25N3. The topological polar surface area (TPSA) is 18.5 Å². The van der Waals surface area contributed by atoms with Crippen LogP contribution >= 0.6 is 0 Å². The Morgan fingerprint density at radius 1 is 1.21 bits per heavy atom. The van der Waals surface area contributed by atoms with E-state index < -0.39 is 0 Å². The maximum atomic E-state index is 3.67. The summed E-state index contributed by atoms with van der Waals surface area (Å²) < 4.78 is 0. The fourth-order valence-corrected chi connectivity index (χ4v) is 3.42. The summed E-state index contributed by atoms with van der Waals surface area (Å²) in [5.74, 6) is 0.884. The normalized spacial score (nSPS) is 27.3. The van der Waals surface area contributed by atoms with Crippen LogP contribution < -0.4 is 10.2 Å². The number of hydrogen-bond acceptors (Lipinski definition) is 3. The summed E-state index contributed by atoms with van der Waals surface area (Å²) in [7, 11) is 4.18. The van der Waals surface area contributed by atoms with Crippen molar-refractivity contribution in [3.63, 3.8) is 0 Å². The fourth-order valence-electron chi connectivity index (χ4n) is 3.42. The van der Waals surface area contributed by atoms with Gasteiger partial charge in [-0.3, -0.25) is 4.90 Å². The van der Waals surface area contributed by atoms with Gasteiger partial charge in [0.25, 0.3) is 0 Å². The van der Waals surface area contributed by atoms with Crippen LogP contribution in [0.3, 0.4) is 0 Å². The summed E-state index contributed by atoms with van der Waals surface area (Å²) in [4.78, 5) is 4.76. The summed E-state index contributed by atoms with van der Waals surface area (Å²) in [5.41, 5.74) is 2.71. The number of hydrogen-bond donors (Lipinski definition) is 1. The van der Waals surface area contributed by atoms with E-state index in [1.807, 2.05) is 0 Å². The lowest BCUT2D eigenvalue weighted by atomic mass is 9.94. The van der Waals surface area contributed by atoms with E-state index in [2.05, 4.69) is 53.5 Å². The summed E-state index contributed by atoms with van der Waals surface area (Å²) in [6.45, 7) is 4.81. The third kappa shape index (κ3) is 2.93. The molecule has 0 spiro atoms. The quantitative estimate of drug-likeness (QED) is 0.895. The Kier molecular flexibility index (Phi) is 3.76. The zero-order valence-electron chi connectivity index (χ0n) is 12.1. The Labute approximate surface area is 116 Å². The van der Waals surface area contributed by atoms with E-state index >= 15 is 0 Å². The van der Waals surface area contributed by atoms with Gasteiger partial charge < -0.3 is 10.2 Å². The number of nitrogens with zero attached hydrogens (tertiary/aromatic N) is 2. The van der Waals surface area contributed by atoms with Crippen LogP contribution in [-0.2, 0) is 6.54 Å². The lowest BCUT2D eigenvalue weighted by Gasteiger charge is -2.24. The van der Waals surface area contributed by atoms with Gasteiger partial charge in [-0.1, -0.05) is 12.1 Å². The van der Waals surface area contributed by atoms with Crippen LogP contribution in [0.5, 0.6) is 0 Å². The number of likely N-dealkylation sites (tertiary alicyclic amines) is 1. The molecule has 3 rings (SSSR count). The number of fused-ring (bicyclic) bond motifs is 1. The predicted octanol–water partition coefficient (Wildman–Crippen LogP) is 1.94. The van der Waals surface area contributed by atoms with E-state index in [0.29, 0.717) is 0 Å². The highest BCUT2D eigenvalue weighted by Crippen LogP contribution is 2.26. The average Bonchev–Trinajstić information content (AvgIpc) is 2.81. The summed E-state index contributed by atoms with van der Waals surface area (Å²) in [6.07, 6.45) is 2.76. The van der Waals surface area contributed by atoms with Gasteiger partial charge in [-0.2, -0.15) is 0 Å². The SMILES string of the molecule is CN(C)c1ccc(CN2C[C@@H]3CCCN[C@@H]3C2)cc1. The average molecular weight is 259 g/mol. The second kappa shape index (κ2) is 5.51. The standard InChI is InChI=1S/C16H25N3/c1-18(2)15-7-5-13(6-8-15)10-19-11-14-4-3-9-17-16(14)12-19/h5-8,14,16-17H,3-4,9-12H2,1-2H3/t14-,16+/m0/s1. The van der Waals surface area contributed by atoms with Crippen LogP contribution in [0, 0.1) is 5.92 Å². The Balaban J connectivity index is 1.59. The molecule has 0 unspecified atom stereocenters. The molecule has 1 N–H and O–H groups in total. The van der Waals surface area contributed by atoms with Crippen LogP contribution in [0.2, 0.25) is 0 Å². The van der Waals surface area contributed by atoms with E-state index in [1.165, 1.54) is 43.7 Å². The van der Waals surface area contributed by atoms with Crippen LogP contribution in [-0.4, -0.2) is 44.7 Å². The molecule has 2 aliphatic rings. The van der Waals surface area contributed by atoms with Gasteiger partial charge in [-0.25, -0.2) is 0 Å². The van der Waals surface area contributed by atoms with Crippen molar-refractivity contribution in [2.45, 2.75) is 25.4 Å². The Morgan fingerprint density at radius 2 is 2.00 bits per heavy atom. The molecule has 2 atom stereocenters. The lowest BCUT2D eigenvalue weighted by Crippen LogP contribution is -2.40. The highest BCUT2D eigenvalue weighted by atomic mass is 15.2. The van der Waals surface area contributed by atoms with Gasteiger partial charge in [0.1, 0.15) is 0 Å². The third-order valence-corrected chi connectivity index (χ3v) is 4.53. The molecule has 3 heteroatoms. The number of anilines is 1. The summed E-state index contributed by atoms with van der Waals surface area (Å²) in [5, 5.41) is 3.67. The van der Waals surface area contributed by atoms with Crippen molar-refractivity contribution in [2.24, 2.45) is 5.92 Å². The van der Waals surface area contributed by atoms with E-state index in [9.17, 15) is 0 Å². The summed E-state index contributed by atoms with van der Waals surface area (Å²) in [6, 6.07) is 9.72. The molecule has 0 saturated carbocycles. The minimum Gasteiger partial charge on any atom is -0.378 e. The largest absolute Gasteiger partial charge is 0.378 e. The smallest absolute Gasteiger partial charge is 0.0361 e. The fraction of sp³-hybridized carbons (Fsp3) is 0.625. The van der Waals surface area contributed by atoms with Crippen LogP contribution in [0.25, 0.3) is 0 Å². The number of nitrogens with one attached hydrogen (secondary N) is 1. The first kappa shape index (κ1) is 12.9. The first-order valence-corrected chi connectivity index (χ1v) is 7.44. The summed E-state index contributed by atoms with van der Waals surface area (Å²) >= 11 is 0. The van der Waals surface area contributed by atoms with Gasteiger partial charge in [-0.05, 0) is 43.0 Å². The van der Waals surface area contributed by atoms with Crippen LogP contribution in [0.4, 0.5) is 5.69 Å². The van der Waals surface area contributed by atoms with Crippen molar-refractivity contribution in [3.05, 3.63) is 29.8 Å². The van der Waals surface area contributed by atoms with Gasteiger partial charge in [0.15, 0.2) is 0 Å². The maximum Gasteiger partial charge on any atom is 0.0361 e. The highest BCUT2D eigenvalue weighted by Gasteiger charge is 2.33. The molecule has 2 heterocycles. The molecule has 0 bridgehead atoms. The van der Waals surface area contributed by atoms with E-state index in [1.54, 1.807) is 0 Å². The molecule has 104 valence electrons. The molecule has 0 aromatic heterocycles. The number of piperidine rings is 1. The minimum absolute atomic E-state index is 0.745. The van der Waals surface area contributed by atoms with Crippen molar-refractivity contribution in [1.82, 2.24) is 10.2 Å². The molecule has 19 heavy (non-hydrogen) atoms. The number of benzene rings is 1. The second-order valence-electron chi connectivity index (χ2n) is 6.22. The molecule has 3 nitrogen and oxygen atoms in total. The predicted molar refractivity (Wildman–Crippen MR) is 80.6 cm³/mol. The zero-order chi connectivity index (χ0) is 13.2. The maximum absolute atomic E-state index is 3.67. The van der Waals surface area contributed by atoms with Crippen molar-refractivity contribution >= 4 is 5.69 Å². The Bertz CT molecular complexity index is 399. The van der Waals surface area contributed by atoms with Gasteiger partial charge in [-0.15, -0.1) is 0 Å². The van der Waals surface area contributed by atoms with Crippen molar-refractivity contribution in [1.29, 1.82) is 0 Å². The molecule has 1 aromatic carbocycles. The minimum atomic E-state index is 0.745. The third-order valence-electron chi connectivity index (χ3n) is 4.53. The molecule has 0 amide bonds. The van der Waals surface area contributed by atoms with Crippen molar-refractivity contribution < 1.29 is 0 Å². The second-order valence-corrected chi connectivity index (χ2v) is 6.22. The van der Waals surface area contributed by atoms with Gasteiger partial charge in [0.2, 0.25) is 0 Å². The highest BCUT2D eigenvalue weighted by molar-refractivity contribution is 5.45. The molecule has 2 saturated heterocycles. The first-order chi connectivity index (χ1) is 9.22. The van der Waals surface area contributed by atoms with Crippen LogP contribution in [0.15, 0.2) is 24.3 Å². The Hall–Kier alpha value is -1.06. The lowest BCUT2D eigenvalue weighted by molar-refractivity contribution is 0.312. The molecular weight excluding hydrogens is 234 g/mol. The van der Waals surface area contributed by atoms with Crippen molar-refractivity contribution in [3.8, 4) is 0 Å². The molecule has 0 aliphatic carbocycles. The molecule has 0 radical (unpaired) electrons. The molecule has 2 fully saturated rings. The van der Waals surface area contributed by atoms with Crippen molar-refractivity contribution in [2.75, 3.05) is 38.6 Å². The van der Waals surface area contributed by atoms with E-state index in [0.717, 1.165) is 18.5 Å². The van der Waals surface area contributed by atoms with Gasteiger partial charge in [0.05, 0.1) is 0 Å².